The van der Waals surface area contributed by atoms with Crippen molar-refractivity contribution in [1.82, 2.24) is 9.80 Å². The average Bonchev–Trinajstić information content (AvgIpc) is 3.37. The van der Waals surface area contributed by atoms with Crippen LogP contribution in [-0.2, 0) is 30.4 Å². The number of Topliss-reactive ketones (excluding diaryl/α,β-unsaturated/α-hetero) is 4. The first kappa shape index (κ1) is 28.0. The molecule has 5 rings (SSSR count). The van der Waals surface area contributed by atoms with Gasteiger partial charge >= 0.3 is 0 Å². The van der Waals surface area contributed by atoms with Crippen LogP contribution in [0.3, 0.4) is 0 Å². The van der Waals surface area contributed by atoms with Crippen molar-refractivity contribution >= 4 is 40.6 Å². The highest BCUT2D eigenvalue weighted by atomic mass is 19.1. The second-order valence-electron chi connectivity index (χ2n) is 11.4. The van der Waals surface area contributed by atoms with Crippen LogP contribution in [0.1, 0.15) is 35.2 Å². The Labute approximate surface area is 228 Å². The number of carbonyl (C=O) groups is 6. The number of ketones is 4. The summed E-state index contributed by atoms with van der Waals surface area (Å²) in [4.78, 5) is 81.8. The maximum absolute atomic E-state index is 15.3. The zero-order valence-electron chi connectivity index (χ0n) is 22.1. The van der Waals surface area contributed by atoms with Gasteiger partial charge in [-0.1, -0.05) is 0 Å². The molecular weight excluding hydrogens is 527 g/mol. The number of amides is 2. The minimum absolute atomic E-state index is 0.0125. The van der Waals surface area contributed by atoms with Crippen molar-refractivity contribution in [2.75, 3.05) is 39.0 Å². The van der Waals surface area contributed by atoms with Gasteiger partial charge in [0.2, 0.25) is 11.8 Å². The number of benzene rings is 1. The van der Waals surface area contributed by atoms with E-state index in [1.54, 1.807) is 0 Å². The highest BCUT2D eigenvalue weighted by molar-refractivity contribution is 6.32. The van der Waals surface area contributed by atoms with Gasteiger partial charge in [0.15, 0.2) is 34.7 Å². The molecular formula is C27H31FN4O8. The molecule has 1 aromatic carbocycles. The number of likely N-dealkylation sites (tertiary alicyclic amines) is 1. The summed E-state index contributed by atoms with van der Waals surface area (Å²) >= 11 is 0. The fourth-order valence-corrected chi connectivity index (χ4v) is 7.06. The number of nitrogens with two attached hydrogens (primary N) is 1. The molecule has 0 radical (unpaired) electrons. The Kier molecular flexibility index (Phi) is 6.87. The zero-order valence-corrected chi connectivity index (χ0v) is 22.1. The van der Waals surface area contributed by atoms with E-state index in [0.29, 0.717) is 0 Å². The van der Waals surface area contributed by atoms with E-state index in [2.05, 4.69) is 5.32 Å². The van der Waals surface area contributed by atoms with Gasteiger partial charge in [-0.15, -0.1) is 0 Å². The third-order valence-corrected chi connectivity index (χ3v) is 8.85. The zero-order chi connectivity index (χ0) is 29.3. The molecule has 1 heterocycles. The summed E-state index contributed by atoms with van der Waals surface area (Å²) in [6, 6.07) is -0.327. The SMILES string of the molecule is CN(C)[C@@H]1C(=O)C(C(N)=O)C(=O)[C@@]2(O)C(=O)C3C(=O)c4c(O)c(NC(=O)CN5CCCC5)cc(F)c4C[C@H]3C[C@@H]12. The van der Waals surface area contributed by atoms with Crippen LogP contribution in [0.2, 0.25) is 0 Å². The van der Waals surface area contributed by atoms with Crippen LogP contribution < -0.4 is 11.1 Å². The predicted molar refractivity (Wildman–Crippen MR) is 136 cm³/mol. The maximum Gasteiger partial charge on any atom is 0.238 e. The normalized spacial score (nSPS) is 32.1. The van der Waals surface area contributed by atoms with Crippen molar-refractivity contribution in [2.45, 2.75) is 37.3 Å². The number of carbonyl (C=O) groups excluding carboxylic acids is 6. The lowest BCUT2D eigenvalue weighted by Gasteiger charge is -2.52. The molecule has 5 N–H and O–H groups in total. The van der Waals surface area contributed by atoms with Crippen LogP contribution in [0.4, 0.5) is 10.1 Å². The van der Waals surface area contributed by atoms with Crippen molar-refractivity contribution in [3.8, 4) is 5.75 Å². The number of primary amides is 1. The monoisotopic (exact) mass is 558 g/mol. The quantitative estimate of drug-likeness (QED) is 0.259. The number of halogens is 1. The van der Waals surface area contributed by atoms with E-state index in [9.17, 15) is 39.0 Å². The minimum atomic E-state index is -2.87. The van der Waals surface area contributed by atoms with Gasteiger partial charge in [-0.2, -0.15) is 0 Å². The van der Waals surface area contributed by atoms with Crippen molar-refractivity contribution < 1.29 is 43.4 Å². The van der Waals surface area contributed by atoms with E-state index < -0.39 is 87.4 Å². The van der Waals surface area contributed by atoms with Gasteiger partial charge in [-0.25, -0.2) is 4.39 Å². The summed E-state index contributed by atoms with van der Waals surface area (Å²) in [6.45, 7) is 1.46. The number of hydrogen-bond donors (Lipinski definition) is 4. The number of hydrogen-bond acceptors (Lipinski definition) is 10. The highest BCUT2D eigenvalue weighted by Crippen LogP contribution is 2.51. The topological polar surface area (TPSA) is 187 Å². The lowest BCUT2D eigenvalue weighted by atomic mass is 9.52. The first-order chi connectivity index (χ1) is 18.8. The molecule has 4 aliphatic rings. The lowest BCUT2D eigenvalue weighted by Crippen LogP contribution is -2.74. The summed E-state index contributed by atoms with van der Waals surface area (Å²) in [5.41, 5.74) is 1.42. The average molecular weight is 559 g/mol. The molecule has 3 fully saturated rings. The van der Waals surface area contributed by atoms with E-state index in [1.165, 1.54) is 19.0 Å². The third kappa shape index (κ3) is 4.06. The fourth-order valence-electron chi connectivity index (χ4n) is 7.06. The fraction of sp³-hybridized carbons (Fsp3) is 0.556. The second kappa shape index (κ2) is 9.82. The molecule has 40 heavy (non-hydrogen) atoms. The summed E-state index contributed by atoms with van der Waals surface area (Å²) < 4.78 is 15.3. The first-order valence-electron chi connectivity index (χ1n) is 13.2. The van der Waals surface area contributed by atoms with E-state index in [4.69, 9.17) is 5.73 Å². The molecule has 2 amide bonds. The third-order valence-electron chi connectivity index (χ3n) is 8.85. The molecule has 6 atom stereocenters. The second-order valence-corrected chi connectivity index (χ2v) is 11.4. The highest BCUT2D eigenvalue weighted by Gasteiger charge is 2.69. The van der Waals surface area contributed by atoms with E-state index >= 15 is 4.39 Å². The molecule has 1 saturated heterocycles. The molecule has 1 aliphatic heterocycles. The number of aliphatic hydroxyl groups is 1. The van der Waals surface area contributed by atoms with Crippen molar-refractivity contribution in [2.24, 2.45) is 29.4 Å². The number of aromatic hydroxyl groups is 1. The molecule has 0 bridgehead atoms. The molecule has 13 heteroatoms. The Morgan fingerprint density at radius 1 is 1.18 bits per heavy atom. The van der Waals surface area contributed by atoms with Crippen LogP contribution in [0, 0.1) is 29.5 Å². The molecule has 0 spiro atoms. The summed E-state index contributed by atoms with van der Waals surface area (Å²) in [5.74, 6) is -13.8. The molecule has 2 unspecified atom stereocenters. The molecule has 214 valence electrons. The minimum Gasteiger partial charge on any atom is -0.505 e. The Morgan fingerprint density at radius 3 is 2.42 bits per heavy atom. The van der Waals surface area contributed by atoms with Gasteiger partial charge in [-0.3, -0.25) is 38.6 Å². The number of phenols is 1. The van der Waals surface area contributed by atoms with Crippen molar-refractivity contribution in [1.29, 1.82) is 0 Å². The van der Waals surface area contributed by atoms with Crippen LogP contribution in [0.5, 0.6) is 5.75 Å². The molecule has 12 nitrogen and oxygen atoms in total. The van der Waals surface area contributed by atoms with E-state index in [1.807, 2.05) is 4.90 Å². The van der Waals surface area contributed by atoms with Crippen molar-refractivity contribution in [3.05, 3.63) is 23.0 Å². The van der Waals surface area contributed by atoms with Crippen molar-refractivity contribution in [3.63, 3.8) is 0 Å². The van der Waals surface area contributed by atoms with Gasteiger partial charge < -0.3 is 21.3 Å². The lowest BCUT2D eigenvalue weighted by molar-refractivity contribution is -0.181. The molecule has 2 saturated carbocycles. The number of nitrogens with one attached hydrogen (secondary N) is 1. The Balaban J connectivity index is 1.53. The van der Waals surface area contributed by atoms with Gasteiger partial charge in [-0.05, 0) is 58.8 Å². The number of phenolic OH excluding ortho intramolecular Hbond substituents is 1. The van der Waals surface area contributed by atoms with E-state index in [-0.39, 0.29) is 30.6 Å². The molecule has 0 aromatic heterocycles. The van der Waals surface area contributed by atoms with Gasteiger partial charge in [0.1, 0.15) is 11.6 Å². The maximum atomic E-state index is 15.3. The standard InChI is InChI=1S/C27H31FN4O8/c1-31(2)20-13-8-11-7-12-14(28)9-15(30-16(33)10-32-5-3-4-6-32)21(34)18(12)22(35)17(11)24(37)27(13,40)25(38)19(23(20)36)26(29)39/h9,11,13,17,19-20,34,40H,3-8,10H2,1-2H3,(H2,29,39)(H,30,33)/t11-,13-,17?,19?,20-,27-/m0/s1. The predicted octanol–water partition coefficient (Wildman–Crippen LogP) is -0.960. The number of anilines is 1. The Hall–Kier alpha value is -3.55. The van der Waals surface area contributed by atoms with E-state index in [0.717, 1.165) is 32.0 Å². The number of fused-ring (bicyclic) bond motifs is 3. The van der Waals surface area contributed by atoms with Crippen LogP contribution in [-0.4, -0.2) is 100 Å². The Bertz CT molecular complexity index is 1360. The van der Waals surface area contributed by atoms with Gasteiger partial charge in [0.05, 0.1) is 29.8 Å². The largest absolute Gasteiger partial charge is 0.505 e. The Morgan fingerprint density at radius 2 is 1.82 bits per heavy atom. The number of likely N-dealkylation sites (N-methyl/N-ethyl adjacent to an activating group) is 1. The molecule has 3 aliphatic carbocycles. The molecule has 1 aromatic rings. The van der Waals surface area contributed by atoms with Gasteiger partial charge in [0, 0.05) is 17.5 Å². The number of rotatable bonds is 5. The van der Waals surface area contributed by atoms with Gasteiger partial charge in [0.25, 0.3) is 0 Å². The summed E-state index contributed by atoms with van der Waals surface area (Å²) in [6.07, 6.45) is 1.50. The summed E-state index contributed by atoms with van der Waals surface area (Å²) in [7, 11) is 2.96. The number of nitrogens with zero attached hydrogens (tertiary/aromatic N) is 2. The van der Waals surface area contributed by atoms with Crippen LogP contribution >= 0.6 is 0 Å². The first-order valence-corrected chi connectivity index (χ1v) is 13.2. The van der Waals surface area contributed by atoms with Crippen LogP contribution in [0.15, 0.2) is 6.07 Å². The van der Waals surface area contributed by atoms with Crippen LogP contribution in [0.25, 0.3) is 0 Å². The summed E-state index contributed by atoms with van der Waals surface area (Å²) in [5, 5.41) is 25.0. The smallest absolute Gasteiger partial charge is 0.238 e.